The molecular formula is C16H16ClN3O. The fourth-order valence-electron chi connectivity index (χ4n) is 2.19. The number of ether oxygens (including phenoxy) is 1. The van der Waals surface area contributed by atoms with Crippen LogP contribution in [0.3, 0.4) is 0 Å². The van der Waals surface area contributed by atoms with Crippen LogP contribution in [0.1, 0.15) is 0 Å². The van der Waals surface area contributed by atoms with Crippen molar-refractivity contribution in [3.8, 4) is 17.0 Å². The molecule has 0 unspecified atom stereocenters. The summed E-state index contributed by atoms with van der Waals surface area (Å²) in [7, 11) is 3.52. The maximum absolute atomic E-state index is 5.14. The van der Waals surface area contributed by atoms with E-state index in [0.717, 1.165) is 22.2 Å². The smallest absolute Gasteiger partial charge is 0.215 e. The molecule has 2 aromatic heterocycles. The fourth-order valence-corrected chi connectivity index (χ4v) is 2.19. The van der Waals surface area contributed by atoms with Crippen molar-refractivity contribution in [1.82, 2.24) is 9.97 Å². The zero-order chi connectivity index (χ0) is 13.9. The summed E-state index contributed by atoms with van der Waals surface area (Å²) in [6.07, 6.45) is 1.77. The molecule has 5 heteroatoms. The Kier molecular flexibility index (Phi) is 4.60. The van der Waals surface area contributed by atoms with E-state index in [1.54, 1.807) is 13.3 Å². The molecule has 0 fully saturated rings. The van der Waals surface area contributed by atoms with Crippen molar-refractivity contribution in [2.75, 3.05) is 19.5 Å². The van der Waals surface area contributed by atoms with Crippen molar-refractivity contribution < 1.29 is 4.74 Å². The molecule has 108 valence electrons. The number of nitrogens with one attached hydrogen (secondary N) is 1. The first-order valence-corrected chi connectivity index (χ1v) is 6.40. The van der Waals surface area contributed by atoms with E-state index in [9.17, 15) is 0 Å². The number of nitrogens with zero attached hydrogens (tertiary/aromatic N) is 2. The molecular weight excluding hydrogens is 286 g/mol. The summed E-state index contributed by atoms with van der Waals surface area (Å²) in [5.41, 5.74) is 4.04. The van der Waals surface area contributed by atoms with Crippen LogP contribution in [0.15, 0.2) is 48.7 Å². The van der Waals surface area contributed by atoms with Gasteiger partial charge in [-0.1, -0.05) is 12.1 Å². The lowest BCUT2D eigenvalue weighted by Crippen LogP contribution is -1.92. The van der Waals surface area contributed by atoms with E-state index in [-0.39, 0.29) is 12.4 Å². The Balaban J connectivity index is 0.00000161. The Labute approximate surface area is 129 Å². The molecule has 0 atom stereocenters. The van der Waals surface area contributed by atoms with E-state index in [1.165, 1.54) is 0 Å². The number of halogens is 1. The summed E-state index contributed by atoms with van der Waals surface area (Å²) in [4.78, 5) is 8.67. The minimum atomic E-state index is 0. The maximum atomic E-state index is 5.14. The van der Waals surface area contributed by atoms with Gasteiger partial charge in [-0.2, -0.15) is 4.98 Å². The molecule has 1 aromatic carbocycles. The van der Waals surface area contributed by atoms with E-state index < -0.39 is 0 Å². The second-order valence-electron chi connectivity index (χ2n) is 4.41. The Bertz CT molecular complexity index is 744. The second-order valence-corrected chi connectivity index (χ2v) is 4.41. The minimum absolute atomic E-state index is 0. The number of anilines is 1. The van der Waals surface area contributed by atoms with Gasteiger partial charge < -0.3 is 10.1 Å². The first-order chi connectivity index (χ1) is 9.81. The largest absolute Gasteiger partial charge is 0.481 e. The van der Waals surface area contributed by atoms with Crippen LogP contribution in [0, 0.1) is 0 Å². The van der Waals surface area contributed by atoms with Gasteiger partial charge in [0.05, 0.1) is 7.11 Å². The summed E-state index contributed by atoms with van der Waals surface area (Å²) in [5, 5.41) is 4.14. The molecule has 0 aliphatic rings. The Morgan fingerprint density at radius 2 is 1.76 bits per heavy atom. The van der Waals surface area contributed by atoms with Gasteiger partial charge in [0, 0.05) is 30.4 Å². The van der Waals surface area contributed by atoms with E-state index in [4.69, 9.17) is 4.74 Å². The van der Waals surface area contributed by atoms with Gasteiger partial charge in [-0.25, -0.2) is 4.98 Å². The normalized spacial score (nSPS) is 10.0. The van der Waals surface area contributed by atoms with Gasteiger partial charge in [0.15, 0.2) is 5.65 Å². The van der Waals surface area contributed by atoms with E-state index >= 15 is 0 Å². The molecule has 3 rings (SSSR count). The molecule has 0 spiro atoms. The maximum Gasteiger partial charge on any atom is 0.215 e. The third-order valence-electron chi connectivity index (χ3n) is 3.27. The quantitative estimate of drug-likeness (QED) is 0.800. The lowest BCUT2D eigenvalue weighted by molar-refractivity contribution is 0.399. The molecule has 21 heavy (non-hydrogen) atoms. The monoisotopic (exact) mass is 301 g/mol. The Hall–Kier alpha value is -2.33. The molecule has 0 aliphatic carbocycles. The highest BCUT2D eigenvalue weighted by atomic mass is 35.5. The predicted molar refractivity (Wildman–Crippen MR) is 88.3 cm³/mol. The summed E-state index contributed by atoms with van der Waals surface area (Å²) in [6.45, 7) is 0. The summed E-state index contributed by atoms with van der Waals surface area (Å²) in [5.74, 6) is 0.577. The van der Waals surface area contributed by atoms with E-state index in [1.807, 2.05) is 25.2 Å². The number of hydrogen-bond donors (Lipinski definition) is 1. The average Bonchev–Trinajstić information content (AvgIpc) is 2.54. The minimum Gasteiger partial charge on any atom is -0.481 e. The van der Waals surface area contributed by atoms with Gasteiger partial charge in [0.1, 0.15) is 0 Å². The third-order valence-corrected chi connectivity index (χ3v) is 3.27. The van der Waals surface area contributed by atoms with Crippen molar-refractivity contribution in [2.24, 2.45) is 0 Å². The highest BCUT2D eigenvalue weighted by Gasteiger charge is 2.06. The fraction of sp³-hybridized carbons (Fsp3) is 0.125. The highest BCUT2D eigenvalue weighted by Crippen LogP contribution is 2.28. The molecule has 0 aliphatic heterocycles. The number of methoxy groups -OCH3 is 1. The SMILES string of the molecule is CNc1ccc(-c2ccnc3nc(OC)ccc23)cc1.Cl. The van der Waals surface area contributed by atoms with Gasteiger partial charge in [0.2, 0.25) is 5.88 Å². The second kappa shape index (κ2) is 6.41. The first-order valence-electron chi connectivity index (χ1n) is 6.40. The molecule has 3 aromatic rings. The number of aromatic nitrogens is 2. The van der Waals surface area contributed by atoms with Gasteiger partial charge >= 0.3 is 0 Å². The average molecular weight is 302 g/mol. The number of pyridine rings is 2. The van der Waals surface area contributed by atoms with Gasteiger partial charge in [-0.3, -0.25) is 0 Å². The van der Waals surface area contributed by atoms with Crippen LogP contribution in [-0.2, 0) is 0 Å². The summed E-state index contributed by atoms with van der Waals surface area (Å²) >= 11 is 0. The van der Waals surface area contributed by atoms with Crippen LogP contribution in [-0.4, -0.2) is 24.1 Å². The van der Waals surface area contributed by atoms with Crippen molar-refractivity contribution in [1.29, 1.82) is 0 Å². The van der Waals surface area contributed by atoms with Gasteiger partial charge in [0.25, 0.3) is 0 Å². The van der Waals surface area contributed by atoms with Crippen LogP contribution in [0.5, 0.6) is 5.88 Å². The summed E-state index contributed by atoms with van der Waals surface area (Å²) in [6, 6.07) is 14.1. The van der Waals surface area contributed by atoms with Crippen LogP contribution < -0.4 is 10.1 Å². The molecule has 2 heterocycles. The lowest BCUT2D eigenvalue weighted by Gasteiger charge is -2.08. The molecule has 1 N–H and O–H groups in total. The molecule has 0 amide bonds. The zero-order valence-corrected chi connectivity index (χ0v) is 12.6. The zero-order valence-electron chi connectivity index (χ0n) is 11.8. The van der Waals surface area contributed by atoms with Gasteiger partial charge in [-0.05, 0) is 35.4 Å². The molecule has 0 saturated heterocycles. The van der Waals surface area contributed by atoms with Crippen molar-refractivity contribution in [2.45, 2.75) is 0 Å². The number of rotatable bonds is 3. The molecule has 4 nitrogen and oxygen atoms in total. The van der Waals surface area contributed by atoms with E-state index in [0.29, 0.717) is 11.5 Å². The topological polar surface area (TPSA) is 47.0 Å². The standard InChI is InChI=1S/C16H15N3O.ClH/c1-17-12-5-3-11(4-6-12)13-9-10-18-16-14(13)7-8-15(19-16)20-2;/h3-10,17H,1-2H3;1H. The lowest BCUT2D eigenvalue weighted by atomic mass is 10.0. The molecule has 0 radical (unpaired) electrons. The highest BCUT2D eigenvalue weighted by molar-refractivity contribution is 5.92. The Morgan fingerprint density at radius 1 is 1.00 bits per heavy atom. The first kappa shape index (κ1) is 15.1. The van der Waals surface area contributed by atoms with Crippen molar-refractivity contribution in [3.05, 3.63) is 48.7 Å². The van der Waals surface area contributed by atoms with Crippen LogP contribution in [0.2, 0.25) is 0 Å². The summed E-state index contributed by atoms with van der Waals surface area (Å²) < 4.78 is 5.14. The Morgan fingerprint density at radius 3 is 2.43 bits per heavy atom. The van der Waals surface area contributed by atoms with Gasteiger partial charge in [-0.15, -0.1) is 12.4 Å². The number of fused-ring (bicyclic) bond motifs is 1. The molecule has 0 saturated carbocycles. The van der Waals surface area contributed by atoms with Crippen LogP contribution >= 0.6 is 12.4 Å². The van der Waals surface area contributed by atoms with Crippen LogP contribution in [0.25, 0.3) is 22.2 Å². The van der Waals surface area contributed by atoms with Crippen LogP contribution in [0.4, 0.5) is 5.69 Å². The molecule has 0 bridgehead atoms. The predicted octanol–water partition coefficient (Wildman–Crippen LogP) is 3.77. The number of hydrogen-bond acceptors (Lipinski definition) is 4. The third kappa shape index (κ3) is 2.90. The van der Waals surface area contributed by atoms with E-state index in [2.05, 4.69) is 39.6 Å². The van der Waals surface area contributed by atoms with Crippen molar-refractivity contribution >= 4 is 29.1 Å². The van der Waals surface area contributed by atoms with Crippen molar-refractivity contribution in [3.63, 3.8) is 0 Å². The number of benzene rings is 1.